The molecule has 2 atom stereocenters. The van der Waals surface area contributed by atoms with Crippen LogP contribution in [0.5, 0.6) is 0 Å². The lowest BCUT2D eigenvalue weighted by atomic mass is 9.82. The number of hydrogen-bond acceptors (Lipinski definition) is 6. The van der Waals surface area contributed by atoms with E-state index < -0.39 is 30.2 Å². The number of ketones is 2. The lowest BCUT2D eigenvalue weighted by Gasteiger charge is -2.27. The van der Waals surface area contributed by atoms with Gasteiger partial charge in [0.25, 0.3) is 0 Å². The Labute approximate surface area is 149 Å². The van der Waals surface area contributed by atoms with Crippen molar-refractivity contribution >= 4 is 11.6 Å². The standard InChI is InChI=1S/C19H32O6/c20-14-5-1-12(2-6-14)9-16(22)18(24)11-19(25)17(23)10-13-3-7-15(21)8-4-13/h12-17,20-23H,1-11H2. The van der Waals surface area contributed by atoms with Crippen molar-refractivity contribution in [1.29, 1.82) is 0 Å². The molecule has 0 amide bonds. The minimum Gasteiger partial charge on any atom is -0.393 e. The van der Waals surface area contributed by atoms with Crippen molar-refractivity contribution in [3.63, 3.8) is 0 Å². The molecule has 4 N–H and O–H groups in total. The zero-order valence-corrected chi connectivity index (χ0v) is 14.8. The number of aliphatic hydroxyl groups excluding tert-OH is 4. The lowest BCUT2D eigenvalue weighted by molar-refractivity contribution is -0.137. The molecule has 0 radical (unpaired) electrons. The van der Waals surface area contributed by atoms with Crippen molar-refractivity contribution in [2.75, 3.05) is 0 Å². The molecule has 2 rings (SSSR count). The van der Waals surface area contributed by atoms with Crippen molar-refractivity contribution in [3.05, 3.63) is 0 Å². The van der Waals surface area contributed by atoms with Gasteiger partial charge in [0.05, 0.1) is 18.6 Å². The average molecular weight is 356 g/mol. The summed E-state index contributed by atoms with van der Waals surface area (Å²) >= 11 is 0. The highest BCUT2D eigenvalue weighted by molar-refractivity contribution is 6.02. The van der Waals surface area contributed by atoms with Crippen LogP contribution in [0.4, 0.5) is 0 Å². The van der Waals surface area contributed by atoms with Crippen molar-refractivity contribution in [1.82, 2.24) is 0 Å². The maximum atomic E-state index is 12.1. The molecule has 6 heteroatoms. The zero-order chi connectivity index (χ0) is 18.4. The molecule has 0 saturated heterocycles. The van der Waals surface area contributed by atoms with E-state index in [-0.39, 0.29) is 24.0 Å². The van der Waals surface area contributed by atoms with Crippen LogP contribution in [-0.2, 0) is 9.59 Å². The minimum atomic E-state index is -1.17. The van der Waals surface area contributed by atoms with Gasteiger partial charge in [-0.05, 0) is 76.0 Å². The Hall–Kier alpha value is -0.820. The van der Waals surface area contributed by atoms with Gasteiger partial charge in [-0.3, -0.25) is 9.59 Å². The minimum absolute atomic E-state index is 0.205. The normalized spacial score (nSPS) is 32.8. The molecule has 0 bridgehead atoms. The Bertz CT molecular complexity index is 395. The molecule has 25 heavy (non-hydrogen) atoms. The number of aliphatic hydroxyl groups is 4. The molecule has 0 heterocycles. The molecule has 0 aromatic carbocycles. The first-order valence-electron chi connectivity index (χ1n) is 9.62. The highest BCUT2D eigenvalue weighted by Crippen LogP contribution is 2.29. The maximum Gasteiger partial charge on any atom is 0.168 e. The van der Waals surface area contributed by atoms with Gasteiger partial charge in [0.15, 0.2) is 11.6 Å². The Morgan fingerprint density at radius 3 is 1.32 bits per heavy atom. The molecule has 2 aliphatic rings. The summed E-state index contributed by atoms with van der Waals surface area (Å²) in [6.45, 7) is 0. The summed E-state index contributed by atoms with van der Waals surface area (Å²) in [5.74, 6) is -0.629. The lowest BCUT2D eigenvalue weighted by Crippen LogP contribution is -2.32. The van der Waals surface area contributed by atoms with Gasteiger partial charge in [-0.1, -0.05) is 0 Å². The molecule has 2 aliphatic carbocycles. The van der Waals surface area contributed by atoms with E-state index in [1.54, 1.807) is 0 Å². The topological polar surface area (TPSA) is 115 Å². The summed E-state index contributed by atoms with van der Waals surface area (Å²) in [4.78, 5) is 24.1. The van der Waals surface area contributed by atoms with E-state index in [0.29, 0.717) is 38.5 Å². The summed E-state index contributed by atoms with van der Waals surface area (Å²) in [7, 11) is 0. The number of carbonyl (C=O) groups excluding carboxylic acids is 2. The van der Waals surface area contributed by atoms with Gasteiger partial charge in [0.1, 0.15) is 12.2 Å². The van der Waals surface area contributed by atoms with Crippen LogP contribution in [0, 0.1) is 11.8 Å². The van der Waals surface area contributed by atoms with Crippen molar-refractivity contribution in [3.8, 4) is 0 Å². The van der Waals surface area contributed by atoms with Gasteiger partial charge in [-0.25, -0.2) is 0 Å². The Balaban J connectivity index is 1.70. The third-order valence-corrected chi connectivity index (χ3v) is 5.84. The molecular formula is C19H32O6. The third-order valence-electron chi connectivity index (χ3n) is 5.84. The van der Waals surface area contributed by atoms with Crippen LogP contribution in [0.25, 0.3) is 0 Å². The Kier molecular flexibility index (Phi) is 8.00. The first-order chi connectivity index (χ1) is 11.8. The fourth-order valence-corrected chi connectivity index (χ4v) is 4.06. The Morgan fingerprint density at radius 1 is 0.680 bits per heavy atom. The predicted octanol–water partition coefficient (Wildman–Crippen LogP) is 1.12. The average Bonchev–Trinajstić information content (AvgIpc) is 2.58. The van der Waals surface area contributed by atoms with Crippen molar-refractivity contribution in [2.45, 2.75) is 95.0 Å². The smallest absolute Gasteiger partial charge is 0.168 e. The van der Waals surface area contributed by atoms with Crippen LogP contribution < -0.4 is 0 Å². The van der Waals surface area contributed by atoms with Crippen molar-refractivity contribution in [2.24, 2.45) is 11.8 Å². The monoisotopic (exact) mass is 356 g/mol. The first-order valence-corrected chi connectivity index (χ1v) is 9.62. The first kappa shape index (κ1) is 20.5. The van der Waals surface area contributed by atoms with E-state index >= 15 is 0 Å². The van der Waals surface area contributed by atoms with Crippen LogP contribution in [0.2, 0.25) is 0 Å². The van der Waals surface area contributed by atoms with E-state index in [1.165, 1.54) is 0 Å². The van der Waals surface area contributed by atoms with Gasteiger partial charge in [0, 0.05) is 0 Å². The number of hydrogen-bond donors (Lipinski definition) is 4. The SMILES string of the molecule is O=C(CC(=O)C(O)CC1CCC(O)CC1)C(O)CC1CCC(O)CC1. The van der Waals surface area contributed by atoms with Gasteiger partial charge in [-0.15, -0.1) is 0 Å². The molecule has 144 valence electrons. The van der Waals surface area contributed by atoms with Gasteiger partial charge in [0.2, 0.25) is 0 Å². The maximum absolute atomic E-state index is 12.1. The third kappa shape index (κ3) is 6.77. The van der Waals surface area contributed by atoms with E-state index in [1.807, 2.05) is 0 Å². The summed E-state index contributed by atoms with van der Waals surface area (Å²) in [5, 5.41) is 39.1. The van der Waals surface area contributed by atoms with Crippen LogP contribution in [-0.4, -0.2) is 56.4 Å². The molecule has 2 saturated carbocycles. The molecule has 0 aromatic rings. The molecule has 0 spiro atoms. The second-order valence-electron chi connectivity index (χ2n) is 7.96. The summed E-state index contributed by atoms with van der Waals surface area (Å²) < 4.78 is 0. The fraction of sp³-hybridized carbons (Fsp3) is 0.895. The molecular weight excluding hydrogens is 324 g/mol. The zero-order valence-electron chi connectivity index (χ0n) is 14.8. The van der Waals surface area contributed by atoms with Crippen LogP contribution >= 0.6 is 0 Å². The second-order valence-corrected chi connectivity index (χ2v) is 7.96. The van der Waals surface area contributed by atoms with Crippen LogP contribution in [0.1, 0.15) is 70.6 Å². The summed E-state index contributed by atoms with van der Waals surface area (Å²) in [6, 6.07) is 0. The summed E-state index contributed by atoms with van der Waals surface area (Å²) in [5.41, 5.74) is 0. The number of Topliss-reactive ketones (excluding diaryl/α,β-unsaturated/α-hetero) is 2. The predicted molar refractivity (Wildman–Crippen MR) is 91.8 cm³/mol. The van der Waals surface area contributed by atoms with E-state index in [4.69, 9.17) is 0 Å². The van der Waals surface area contributed by atoms with Crippen molar-refractivity contribution < 1.29 is 30.0 Å². The summed E-state index contributed by atoms with van der Waals surface area (Å²) in [6.07, 6.45) is 3.27. The largest absolute Gasteiger partial charge is 0.393 e. The quantitative estimate of drug-likeness (QED) is 0.485. The molecule has 0 aliphatic heterocycles. The van der Waals surface area contributed by atoms with Crippen LogP contribution in [0.3, 0.4) is 0 Å². The van der Waals surface area contributed by atoms with Crippen LogP contribution in [0.15, 0.2) is 0 Å². The highest BCUT2D eigenvalue weighted by atomic mass is 16.3. The van der Waals surface area contributed by atoms with E-state index in [2.05, 4.69) is 0 Å². The number of rotatable bonds is 8. The van der Waals surface area contributed by atoms with Gasteiger partial charge >= 0.3 is 0 Å². The number of carbonyl (C=O) groups is 2. The molecule has 0 aromatic heterocycles. The fourth-order valence-electron chi connectivity index (χ4n) is 4.06. The Morgan fingerprint density at radius 2 is 1.00 bits per heavy atom. The highest BCUT2D eigenvalue weighted by Gasteiger charge is 2.29. The van der Waals surface area contributed by atoms with E-state index in [0.717, 1.165) is 25.7 Å². The molecule has 6 nitrogen and oxygen atoms in total. The molecule has 2 fully saturated rings. The molecule has 2 unspecified atom stereocenters. The van der Waals surface area contributed by atoms with Gasteiger partial charge in [-0.2, -0.15) is 0 Å². The van der Waals surface area contributed by atoms with E-state index in [9.17, 15) is 30.0 Å². The second kappa shape index (κ2) is 9.76. The van der Waals surface area contributed by atoms with Gasteiger partial charge < -0.3 is 20.4 Å².